The Labute approximate surface area is 147 Å². The number of piperidine rings is 1. The zero-order valence-electron chi connectivity index (χ0n) is 14.2. The zero-order chi connectivity index (χ0) is 17.6. The molecule has 0 N–H and O–H groups in total. The van der Waals surface area contributed by atoms with Crippen molar-refractivity contribution in [3.05, 3.63) is 53.3 Å². The van der Waals surface area contributed by atoms with Crippen molar-refractivity contribution in [3.8, 4) is 12.1 Å². The summed E-state index contributed by atoms with van der Waals surface area (Å²) in [5.74, 6) is 0.266. The van der Waals surface area contributed by atoms with Gasteiger partial charge in [0.15, 0.2) is 0 Å². The van der Waals surface area contributed by atoms with Crippen LogP contribution in [0.3, 0.4) is 0 Å². The van der Waals surface area contributed by atoms with Gasteiger partial charge in [-0.3, -0.25) is 4.79 Å². The third-order valence-electron chi connectivity index (χ3n) is 4.27. The first kappa shape index (κ1) is 16.9. The SMILES string of the molecule is Cc1cnc(OCC2CCCN(C(=O)c3ccc(C#N)cc3)C2)nc1. The molecule has 25 heavy (non-hydrogen) atoms. The molecule has 0 radical (unpaired) electrons. The maximum Gasteiger partial charge on any atom is 0.316 e. The molecule has 1 aromatic heterocycles. The van der Waals surface area contributed by atoms with Gasteiger partial charge in [0, 0.05) is 37.0 Å². The third-order valence-corrected chi connectivity index (χ3v) is 4.27. The van der Waals surface area contributed by atoms with Gasteiger partial charge in [0.1, 0.15) is 0 Å². The fourth-order valence-corrected chi connectivity index (χ4v) is 2.90. The van der Waals surface area contributed by atoms with Gasteiger partial charge in [-0.25, -0.2) is 9.97 Å². The summed E-state index contributed by atoms with van der Waals surface area (Å²) >= 11 is 0. The van der Waals surface area contributed by atoms with Crippen LogP contribution in [-0.2, 0) is 0 Å². The van der Waals surface area contributed by atoms with Crippen LogP contribution in [0.2, 0.25) is 0 Å². The number of aromatic nitrogens is 2. The first-order chi connectivity index (χ1) is 12.2. The van der Waals surface area contributed by atoms with Gasteiger partial charge >= 0.3 is 6.01 Å². The zero-order valence-corrected chi connectivity index (χ0v) is 14.2. The first-order valence-corrected chi connectivity index (χ1v) is 8.36. The van der Waals surface area contributed by atoms with Crippen molar-refractivity contribution in [2.75, 3.05) is 19.7 Å². The number of hydrogen-bond donors (Lipinski definition) is 0. The number of carbonyl (C=O) groups is 1. The van der Waals surface area contributed by atoms with E-state index in [-0.39, 0.29) is 11.8 Å². The molecule has 6 heteroatoms. The summed E-state index contributed by atoms with van der Waals surface area (Å²) < 4.78 is 5.67. The van der Waals surface area contributed by atoms with Crippen LogP contribution in [0.25, 0.3) is 0 Å². The van der Waals surface area contributed by atoms with Crippen molar-refractivity contribution in [2.24, 2.45) is 5.92 Å². The number of carbonyl (C=O) groups excluding carboxylic acids is 1. The van der Waals surface area contributed by atoms with Crippen molar-refractivity contribution >= 4 is 5.91 Å². The van der Waals surface area contributed by atoms with Gasteiger partial charge in [-0.2, -0.15) is 5.26 Å². The minimum absolute atomic E-state index is 0.000718. The van der Waals surface area contributed by atoms with E-state index in [0.29, 0.717) is 30.3 Å². The number of nitriles is 1. The number of rotatable bonds is 4. The van der Waals surface area contributed by atoms with Crippen LogP contribution in [0.4, 0.5) is 0 Å². The van der Waals surface area contributed by atoms with Gasteiger partial charge in [-0.05, 0) is 49.6 Å². The molecule has 1 unspecified atom stereocenters. The van der Waals surface area contributed by atoms with Gasteiger partial charge in [0.05, 0.1) is 18.2 Å². The highest BCUT2D eigenvalue weighted by atomic mass is 16.5. The van der Waals surface area contributed by atoms with E-state index in [1.807, 2.05) is 11.8 Å². The average Bonchev–Trinajstić information content (AvgIpc) is 2.67. The summed E-state index contributed by atoms with van der Waals surface area (Å²) in [7, 11) is 0. The van der Waals surface area contributed by atoms with Crippen LogP contribution in [0.1, 0.15) is 34.3 Å². The number of nitrogens with zero attached hydrogens (tertiary/aromatic N) is 4. The monoisotopic (exact) mass is 336 g/mol. The Hall–Kier alpha value is -2.94. The normalized spacial score (nSPS) is 17.0. The Morgan fingerprint density at radius 1 is 1.32 bits per heavy atom. The summed E-state index contributed by atoms with van der Waals surface area (Å²) in [5, 5.41) is 8.85. The van der Waals surface area contributed by atoms with Crippen molar-refractivity contribution in [2.45, 2.75) is 19.8 Å². The summed E-state index contributed by atoms with van der Waals surface area (Å²) in [6.45, 7) is 3.83. The van der Waals surface area contributed by atoms with Gasteiger partial charge < -0.3 is 9.64 Å². The van der Waals surface area contributed by atoms with Crippen LogP contribution in [0.15, 0.2) is 36.7 Å². The first-order valence-electron chi connectivity index (χ1n) is 8.36. The fourth-order valence-electron chi connectivity index (χ4n) is 2.90. The molecule has 1 amide bonds. The van der Waals surface area contributed by atoms with Crippen molar-refractivity contribution in [3.63, 3.8) is 0 Å². The van der Waals surface area contributed by atoms with E-state index in [1.165, 1.54) is 0 Å². The quantitative estimate of drug-likeness (QED) is 0.857. The molecule has 0 bridgehead atoms. The molecule has 1 aromatic carbocycles. The van der Waals surface area contributed by atoms with Crippen molar-refractivity contribution < 1.29 is 9.53 Å². The summed E-state index contributed by atoms with van der Waals surface area (Å²) in [4.78, 5) is 22.8. The second-order valence-corrected chi connectivity index (χ2v) is 6.30. The highest BCUT2D eigenvalue weighted by molar-refractivity contribution is 5.94. The Morgan fingerprint density at radius 3 is 2.72 bits per heavy atom. The average molecular weight is 336 g/mol. The van der Waals surface area contributed by atoms with Gasteiger partial charge in [0.2, 0.25) is 0 Å². The lowest BCUT2D eigenvalue weighted by Crippen LogP contribution is -2.41. The lowest BCUT2D eigenvalue weighted by atomic mass is 9.98. The summed E-state index contributed by atoms with van der Waals surface area (Å²) in [6, 6.07) is 9.20. The minimum Gasteiger partial charge on any atom is -0.463 e. The third kappa shape index (κ3) is 4.32. The second kappa shape index (κ2) is 7.75. The fraction of sp³-hybridized carbons (Fsp3) is 0.368. The van der Waals surface area contributed by atoms with Crippen LogP contribution in [0.5, 0.6) is 6.01 Å². The number of likely N-dealkylation sites (tertiary alicyclic amines) is 1. The molecule has 0 aliphatic carbocycles. The van der Waals surface area contributed by atoms with Gasteiger partial charge in [0.25, 0.3) is 5.91 Å². The number of benzene rings is 1. The predicted molar refractivity (Wildman–Crippen MR) is 92.0 cm³/mol. The maximum atomic E-state index is 12.6. The van der Waals surface area contributed by atoms with E-state index in [4.69, 9.17) is 10.00 Å². The number of aryl methyl sites for hydroxylation is 1. The molecule has 1 saturated heterocycles. The van der Waals surface area contributed by atoms with Crippen molar-refractivity contribution in [1.29, 1.82) is 5.26 Å². The second-order valence-electron chi connectivity index (χ2n) is 6.30. The Kier molecular flexibility index (Phi) is 5.24. The van der Waals surface area contributed by atoms with Crippen LogP contribution < -0.4 is 4.74 Å². The lowest BCUT2D eigenvalue weighted by Gasteiger charge is -2.32. The Bertz CT molecular complexity index is 766. The molecule has 0 spiro atoms. The largest absolute Gasteiger partial charge is 0.463 e. The topological polar surface area (TPSA) is 79.1 Å². The Morgan fingerprint density at radius 2 is 2.04 bits per heavy atom. The molecule has 1 aliphatic heterocycles. The molecule has 128 valence electrons. The van der Waals surface area contributed by atoms with E-state index >= 15 is 0 Å². The number of hydrogen-bond acceptors (Lipinski definition) is 5. The molecule has 3 rings (SSSR count). The van der Waals surface area contributed by atoms with E-state index in [9.17, 15) is 4.79 Å². The van der Waals surface area contributed by atoms with Crippen LogP contribution in [-0.4, -0.2) is 40.5 Å². The van der Waals surface area contributed by atoms with Gasteiger partial charge in [-0.1, -0.05) is 0 Å². The molecular formula is C19H20N4O2. The van der Waals surface area contributed by atoms with Crippen molar-refractivity contribution in [1.82, 2.24) is 14.9 Å². The summed E-state index contributed by atoms with van der Waals surface area (Å²) in [5.41, 5.74) is 2.16. The van der Waals surface area contributed by atoms with Gasteiger partial charge in [-0.15, -0.1) is 0 Å². The molecule has 2 aromatic rings. The van der Waals surface area contributed by atoms with E-state index < -0.39 is 0 Å². The lowest BCUT2D eigenvalue weighted by molar-refractivity contribution is 0.0628. The van der Waals surface area contributed by atoms with Crippen LogP contribution in [0, 0.1) is 24.2 Å². The molecule has 1 aliphatic rings. The molecule has 1 fully saturated rings. The van der Waals surface area contributed by atoms with E-state index in [0.717, 1.165) is 24.9 Å². The smallest absolute Gasteiger partial charge is 0.316 e. The molecule has 2 heterocycles. The predicted octanol–water partition coefficient (Wildman–Crippen LogP) is 2.59. The molecule has 6 nitrogen and oxygen atoms in total. The highest BCUT2D eigenvalue weighted by Crippen LogP contribution is 2.19. The van der Waals surface area contributed by atoms with E-state index in [1.54, 1.807) is 36.7 Å². The number of amides is 1. The highest BCUT2D eigenvalue weighted by Gasteiger charge is 2.25. The molecular weight excluding hydrogens is 316 g/mol. The summed E-state index contributed by atoms with van der Waals surface area (Å²) in [6.07, 6.45) is 5.42. The molecule has 0 saturated carbocycles. The maximum absolute atomic E-state index is 12.6. The minimum atomic E-state index is 0.000718. The standard InChI is InChI=1S/C19H20N4O2/c1-14-10-21-19(22-11-14)25-13-16-3-2-8-23(12-16)18(24)17-6-4-15(9-20)5-7-17/h4-7,10-11,16H,2-3,8,12-13H2,1H3. The van der Waals surface area contributed by atoms with E-state index in [2.05, 4.69) is 16.0 Å². The molecule has 1 atom stereocenters. The Balaban J connectivity index is 1.57. The van der Waals surface area contributed by atoms with Crippen LogP contribution >= 0.6 is 0 Å². The number of ether oxygens (including phenoxy) is 1.